The van der Waals surface area contributed by atoms with Gasteiger partial charge in [-0.25, -0.2) is 0 Å². The van der Waals surface area contributed by atoms with Crippen molar-refractivity contribution in [2.24, 2.45) is 0 Å². The predicted octanol–water partition coefficient (Wildman–Crippen LogP) is 6.61. The van der Waals surface area contributed by atoms with E-state index in [4.69, 9.17) is 9.47 Å². The number of benzene rings is 4. The maximum absolute atomic E-state index is 11.6. The van der Waals surface area contributed by atoms with E-state index in [9.17, 15) is 10.2 Å². The number of hydrogen-bond acceptors (Lipinski definition) is 5. The van der Waals surface area contributed by atoms with E-state index in [-0.39, 0.29) is 12.5 Å². The molecule has 6 rings (SSSR count). The van der Waals surface area contributed by atoms with E-state index >= 15 is 0 Å². The minimum Gasteiger partial charge on any atom is -0.497 e. The molecular formula is C33H28N2O4. The van der Waals surface area contributed by atoms with E-state index in [0.29, 0.717) is 28.8 Å². The van der Waals surface area contributed by atoms with Gasteiger partial charge in [0.05, 0.1) is 25.6 Å². The molecule has 2 N–H and O–H groups in total. The molecule has 0 aliphatic rings. The second-order valence-corrected chi connectivity index (χ2v) is 9.40. The Hall–Kier alpha value is -4.81. The molecule has 6 aromatic rings. The third-order valence-corrected chi connectivity index (χ3v) is 7.06. The first-order chi connectivity index (χ1) is 19.2. The van der Waals surface area contributed by atoms with Crippen LogP contribution in [-0.2, 0) is 13.2 Å². The van der Waals surface area contributed by atoms with Gasteiger partial charge in [0.15, 0.2) is 5.75 Å². The van der Waals surface area contributed by atoms with Gasteiger partial charge in [0.2, 0.25) is 5.88 Å². The fourth-order valence-electron chi connectivity index (χ4n) is 5.13. The summed E-state index contributed by atoms with van der Waals surface area (Å²) in [4.78, 5) is 4.66. The van der Waals surface area contributed by atoms with E-state index in [1.165, 1.54) is 0 Å². The third-order valence-electron chi connectivity index (χ3n) is 7.06. The molecule has 0 spiro atoms. The molecule has 39 heavy (non-hydrogen) atoms. The Bertz CT molecular complexity index is 1690. The van der Waals surface area contributed by atoms with E-state index in [0.717, 1.165) is 33.2 Å². The second kappa shape index (κ2) is 10.5. The van der Waals surface area contributed by atoms with Gasteiger partial charge < -0.3 is 24.3 Å². The molecule has 0 aliphatic carbocycles. The van der Waals surface area contributed by atoms with Crippen LogP contribution in [0.3, 0.4) is 0 Å². The molecule has 2 heterocycles. The Morgan fingerprint density at radius 3 is 2.10 bits per heavy atom. The predicted molar refractivity (Wildman–Crippen MR) is 152 cm³/mol. The van der Waals surface area contributed by atoms with Crippen molar-refractivity contribution in [3.63, 3.8) is 0 Å². The average Bonchev–Trinajstić information content (AvgIpc) is 3.31. The van der Waals surface area contributed by atoms with Gasteiger partial charge in [0, 0.05) is 23.2 Å². The standard InChI is InChI=1S/C33H28N2O4/c1-38-25-16-14-22(15-17-25)19-35-20-27-28(21-36)26-13-8-18-34-30(26)32(29(27)33(35)37)39-31(23-9-4-2-5-10-23)24-11-6-3-7-12-24/h2-18,20,31,36-37H,19,21H2,1H3. The molecule has 0 radical (unpaired) electrons. The van der Waals surface area contributed by atoms with Crippen molar-refractivity contribution in [3.05, 3.63) is 132 Å². The van der Waals surface area contributed by atoms with Gasteiger partial charge in [0.1, 0.15) is 17.4 Å². The molecule has 6 heteroatoms. The van der Waals surface area contributed by atoms with Crippen molar-refractivity contribution in [1.29, 1.82) is 0 Å². The van der Waals surface area contributed by atoms with Crippen molar-refractivity contribution >= 4 is 21.7 Å². The summed E-state index contributed by atoms with van der Waals surface area (Å²) < 4.78 is 13.9. The first-order valence-corrected chi connectivity index (χ1v) is 12.8. The number of pyridine rings is 1. The fraction of sp³-hybridized carbons (Fsp3) is 0.121. The second-order valence-electron chi connectivity index (χ2n) is 9.40. The summed E-state index contributed by atoms with van der Waals surface area (Å²) in [6.45, 7) is 0.227. The lowest BCUT2D eigenvalue weighted by atomic mass is 9.99. The first kappa shape index (κ1) is 24.5. The molecule has 0 amide bonds. The highest BCUT2D eigenvalue weighted by atomic mass is 16.5. The molecule has 0 unspecified atom stereocenters. The van der Waals surface area contributed by atoms with Crippen LogP contribution in [0.2, 0.25) is 0 Å². The van der Waals surface area contributed by atoms with E-state index in [2.05, 4.69) is 4.98 Å². The van der Waals surface area contributed by atoms with Crippen molar-refractivity contribution in [1.82, 2.24) is 9.55 Å². The number of hydrogen-bond donors (Lipinski definition) is 2. The summed E-state index contributed by atoms with van der Waals surface area (Å²) in [7, 11) is 1.63. The minimum atomic E-state index is -0.440. The number of aliphatic hydroxyl groups is 1. The quantitative estimate of drug-likeness (QED) is 0.238. The molecule has 6 nitrogen and oxygen atoms in total. The van der Waals surface area contributed by atoms with Crippen LogP contribution in [0.15, 0.2) is 109 Å². The van der Waals surface area contributed by atoms with Crippen molar-refractivity contribution in [2.75, 3.05) is 7.11 Å². The first-order valence-electron chi connectivity index (χ1n) is 12.8. The number of methoxy groups -OCH3 is 1. The minimum absolute atomic E-state index is 0.0537. The van der Waals surface area contributed by atoms with Gasteiger partial charge in [-0.15, -0.1) is 0 Å². The van der Waals surface area contributed by atoms with Crippen LogP contribution in [0, 0.1) is 0 Å². The van der Waals surface area contributed by atoms with E-state index < -0.39 is 6.10 Å². The lowest BCUT2D eigenvalue weighted by Crippen LogP contribution is -2.10. The third kappa shape index (κ3) is 4.56. The van der Waals surface area contributed by atoms with Crippen LogP contribution < -0.4 is 9.47 Å². The highest BCUT2D eigenvalue weighted by Crippen LogP contribution is 2.45. The van der Waals surface area contributed by atoms with Gasteiger partial charge in [-0.1, -0.05) is 78.9 Å². The zero-order valence-electron chi connectivity index (χ0n) is 21.5. The summed E-state index contributed by atoms with van der Waals surface area (Å²) in [5.41, 5.74) is 4.23. The Labute approximate surface area is 226 Å². The number of aliphatic hydroxyl groups excluding tert-OH is 1. The molecule has 0 saturated heterocycles. The zero-order valence-corrected chi connectivity index (χ0v) is 21.5. The van der Waals surface area contributed by atoms with Crippen LogP contribution in [0.1, 0.15) is 28.4 Å². The maximum atomic E-state index is 11.6. The Balaban J connectivity index is 1.56. The van der Waals surface area contributed by atoms with E-state index in [1.807, 2.05) is 103 Å². The number of aromatic nitrogens is 2. The van der Waals surface area contributed by atoms with Gasteiger partial charge in [-0.3, -0.25) is 4.98 Å². The zero-order chi connectivity index (χ0) is 26.8. The van der Waals surface area contributed by atoms with Gasteiger partial charge in [0.25, 0.3) is 0 Å². The summed E-state index contributed by atoms with van der Waals surface area (Å²) in [6, 6.07) is 31.5. The van der Waals surface area contributed by atoms with Crippen molar-refractivity contribution in [3.8, 4) is 17.4 Å². The smallest absolute Gasteiger partial charge is 0.203 e. The van der Waals surface area contributed by atoms with Crippen LogP contribution in [0.5, 0.6) is 17.4 Å². The van der Waals surface area contributed by atoms with Crippen molar-refractivity contribution in [2.45, 2.75) is 19.3 Å². The molecule has 0 saturated carbocycles. The van der Waals surface area contributed by atoms with Gasteiger partial charge in [-0.05, 0) is 40.5 Å². The Morgan fingerprint density at radius 2 is 1.49 bits per heavy atom. The van der Waals surface area contributed by atoms with Crippen LogP contribution in [0.4, 0.5) is 0 Å². The summed E-state index contributed by atoms with van der Waals surface area (Å²) in [5.74, 6) is 1.29. The van der Waals surface area contributed by atoms with Gasteiger partial charge >= 0.3 is 0 Å². The largest absolute Gasteiger partial charge is 0.497 e. The van der Waals surface area contributed by atoms with Crippen LogP contribution in [0.25, 0.3) is 21.7 Å². The number of ether oxygens (including phenoxy) is 2. The fourth-order valence-corrected chi connectivity index (χ4v) is 5.13. The lowest BCUT2D eigenvalue weighted by molar-refractivity contribution is 0.252. The molecule has 0 bridgehead atoms. The summed E-state index contributed by atoms with van der Waals surface area (Å²) in [6.07, 6.45) is 3.14. The Morgan fingerprint density at radius 1 is 0.821 bits per heavy atom. The molecular weight excluding hydrogens is 488 g/mol. The Kier molecular flexibility index (Phi) is 6.61. The van der Waals surface area contributed by atoms with Crippen molar-refractivity contribution < 1.29 is 19.7 Å². The molecule has 194 valence electrons. The lowest BCUT2D eigenvalue weighted by Gasteiger charge is -2.22. The number of aromatic hydroxyl groups is 1. The average molecular weight is 517 g/mol. The van der Waals surface area contributed by atoms with Crippen LogP contribution >= 0.6 is 0 Å². The number of nitrogens with zero attached hydrogens (tertiary/aromatic N) is 2. The molecule has 0 atom stereocenters. The SMILES string of the molecule is COc1ccc(Cn2cc3c(CO)c4cccnc4c(OC(c4ccccc4)c4ccccc4)c3c2O)cc1. The van der Waals surface area contributed by atoms with E-state index in [1.54, 1.807) is 17.9 Å². The normalized spacial score (nSPS) is 11.4. The summed E-state index contributed by atoms with van der Waals surface area (Å²) in [5, 5.41) is 24.1. The monoisotopic (exact) mass is 516 g/mol. The molecule has 4 aromatic carbocycles. The molecule has 0 fully saturated rings. The topological polar surface area (TPSA) is 76.7 Å². The molecule has 0 aliphatic heterocycles. The number of rotatable bonds is 8. The summed E-state index contributed by atoms with van der Waals surface area (Å²) >= 11 is 0. The number of fused-ring (bicyclic) bond motifs is 2. The van der Waals surface area contributed by atoms with Crippen LogP contribution in [-0.4, -0.2) is 26.9 Å². The molecule has 2 aromatic heterocycles. The maximum Gasteiger partial charge on any atom is 0.203 e. The highest BCUT2D eigenvalue weighted by molar-refractivity contribution is 6.09. The highest BCUT2D eigenvalue weighted by Gasteiger charge is 2.25. The van der Waals surface area contributed by atoms with Gasteiger partial charge in [-0.2, -0.15) is 0 Å².